The molecule has 3 rings (SSSR count). The Kier molecular flexibility index (Phi) is 6.07. The van der Waals surface area contributed by atoms with E-state index in [-0.39, 0.29) is 18.2 Å². The Balaban J connectivity index is 1.59. The predicted molar refractivity (Wildman–Crippen MR) is 104 cm³/mol. The maximum absolute atomic E-state index is 12.2. The highest BCUT2D eigenvalue weighted by atomic mass is 16.5. The number of amides is 2. The molecule has 0 spiro atoms. The molecular formula is C21H33N3O2. The van der Waals surface area contributed by atoms with Crippen LogP contribution in [-0.2, 0) is 0 Å². The minimum absolute atomic E-state index is 0.0739. The SMILES string of the molecule is CC(C)NC(=O)N1CCC([C@H]2[C@@H](Oc3ccccc3)CN2C(C)C)CC1. The Bertz CT molecular complexity index is 582. The first-order chi connectivity index (χ1) is 12.5. The molecule has 0 radical (unpaired) electrons. The zero-order valence-corrected chi connectivity index (χ0v) is 16.5. The highest BCUT2D eigenvalue weighted by Gasteiger charge is 2.47. The van der Waals surface area contributed by atoms with E-state index in [0.717, 1.165) is 38.2 Å². The number of ether oxygens (including phenoxy) is 1. The van der Waals surface area contributed by atoms with Gasteiger partial charge in [-0.15, -0.1) is 0 Å². The van der Waals surface area contributed by atoms with E-state index >= 15 is 0 Å². The molecular weight excluding hydrogens is 326 g/mol. The predicted octanol–water partition coefficient (Wildman–Crippen LogP) is 3.36. The van der Waals surface area contributed by atoms with Crippen LogP contribution in [0.4, 0.5) is 4.79 Å². The van der Waals surface area contributed by atoms with Gasteiger partial charge in [0.1, 0.15) is 11.9 Å². The lowest BCUT2D eigenvalue weighted by atomic mass is 9.79. The van der Waals surface area contributed by atoms with E-state index in [4.69, 9.17) is 4.74 Å². The lowest BCUT2D eigenvalue weighted by molar-refractivity contribution is -0.0981. The second-order valence-electron chi connectivity index (χ2n) is 8.18. The van der Waals surface area contributed by atoms with Gasteiger partial charge in [-0.25, -0.2) is 4.79 Å². The summed E-state index contributed by atoms with van der Waals surface area (Å²) in [5.41, 5.74) is 0. The summed E-state index contributed by atoms with van der Waals surface area (Å²) in [4.78, 5) is 16.7. The van der Waals surface area contributed by atoms with Crippen LogP contribution < -0.4 is 10.1 Å². The number of carbonyl (C=O) groups is 1. The first kappa shape index (κ1) is 19.0. The van der Waals surface area contributed by atoms with Gasteiger partial charge in [0.15, 0.2) is 0 Å². The fourth-order valence-electron chi connectivity index (χ4n) is 4.21. The summed E-state index contributed by atoms with van der Waals surface area (Å²) in [5, 5.41) is 3.00. The van der Waals surface area contributed by atoms with Crippen molar-refractivity contribution in [1.29, 1.82) is 0 Å². The van der Waals surface area contributed by atoms with Gasteiger partial charge in [0.2, 0.25) is 0 Å². The third-order valence-corrected chi connectivity index (χ3v) is 5.57. The summed E-state index contributed by atoms with van der Waals surface area (Å²) in [6.07, 6.45) is 2.35. The van der Waals surface area contributed by atoms with Gasteiger partial charge in [-0.05, 0) is 58.6 Å². The number of urea groups is 1. The largest absolute Gasteiger partial charge is 0.487 e. The normalized spacial score (nSPS) is 24.6. The van der Waals surface area contributed by atoms with E-state index in [2.05, 4.69) is 24.1 Å². The number of nitrogens with zero attached hydrogens (tertiary/aromatic N) is 2. The van der Waals surface area contributed by atoms with E-state index < -0.39 is 0 Å². The van der Waals surface area contributed by atoms with Crippen LogP contribution in [-0.4, -0.2) is 59.7 Å². The molecule has 0 unspecified atom stereocenters. The molecule has 2 amide bonds. The van der Waals surface area contributed by atoms with Crippen molar-refractivity contribution in [3.05, 3.63) is 30.3 Å². The van der Waals surface area contributed by atoms with Gasteiger partial charge in [-0.1, -0.05) is 18.2 Å². The molecule has 2 heterocycles. The Morgan fingerprint density at radius 1 is 1.12 bits per heavy atom. The highest BCUT2D eigenvalue weighted by molar-refractivity contribution is 5.74. The van der Waals surface area contributed by atoms with Crippen molar-refractivity contribution in [2.75, 3.05) is 19.6 Å². The van der Waals surface area contributed by atoms with Crippen LogP contribution in [0.15, 0.2) is 30.3 Å². The van der Waals surface area contributed by atoms with Gasteiger partial charge in [0.05, 0.1) is 6.04 Å². The van der Waals surface area contributed by atoms with Crippen molar-refractivity contribution in [2.45, 2.75) is 64.8 Å². The maximum Gasteiger partial charge on any atom is 0.317 e. The van der Waals surface area contributed by atoms with Gasteiger partial charge < -0.3 is 15.0 Å². The monoisotopic (exact) mass is 359 g/mol. The molecule has 0 saturated carbocycles. The number of rotatable bonds is 5. The van der Waals surface area contributed by atoms with Gasteiger partial charge >= 0.3 is 6.03 Å². The molecule has 5 nitrogen and oxygen atoms in total. The molecule has 1 N–H and O–H groups in total. The smallest absolute Gasteiger partial charge is 0.317 e. The Hall–Kier alpha value is -1.75. The van der Waals surface area contributed by atoms with Crippen LogP contribution in [0.1, 0.15) is 40.5 Å². The van der Waals surface area contributed by atoms with E-state index in [0.29, 0.717) is 18.0 Å². The van der Waals surface area contributed by atoms with Crippen molar-refractivity contribution in [3.63, 3.8) is 0 Å². The second-order valence-corrected chi connectivity index (χ2v) is 8.18. The van der Waals surface area contributed by atoms with Gasteiger partial charge in [-0.3, -0.25) is 4.90 Å². The summed E-state index contributed by atoms with van der Waals surface area (Å²) < 4.78 is 6.29. The van der Waals surface area contributed by atoms with Crippen LogP contribution in [0.2, 0.25) is 0 Å². The lowest BCUT2D eigenvalue weighted by Crippen LogP contribution is -2.68. The third kappa shape index (κ3) is 4.32. The molecule has 2 aliphatic heterocycles. The molecule has 2 saturated heterocycles. The van der Waals surface area contributed by atoms with Crippen LogP contribution in [0.3, 0.4) is 0 Å². The summed E-state index contributed by atoms with van der Waals surface area (Å²) in [6.45, 7) is 11.2. The van der Waals surface area contributed by atoms with Crippen LogP contribution in [0, 0.1) is 5.92 Å². The number of benzene rings is 1. The molecule has 2 atom stereocenters. The number of para-hydroxylation sites is 1. The number of likely N-dealkylation sites (tertiary alicyclic amines) is 2. The fraction of sp³-hybridized carbons (Fsp3) is 0.667. The van der Waals surface area contributed by atoms with Crippen molar-refractivity contribution in [1.82, 2.24) is 15.1 Å². The minimum atomic E-state index is 0.0739. The molecule has 1 aromatic carbocycles. The molecule has 5 heteroatoms. The average Bonchev–Trinajstić information content (AvgIpc) is 2.59. The van der Waals surface area contributed by atoms with Gasteiger partial charge in [-0.2, -0.15) is 0 Å². The van der Waals surface area contributed by atoms with Gasteiger partial charge in [0, 0.05) is 31.7 Å². The van der Waals surface area contributed by atoms with E-state index in [1.807, 2.05) is 49.1 Å². The summed E-state index contributed by atoms with van der Waals surface area (Å²) in [5.74, 6) is 1.54. The maximum atomic E-state index is 12.2. The van der Waals surface area contributed by atoms with E-state index in [9.17, 15) is 4.79 Å². The number of nitrogens with one attached hydrogen (secondary N) is 1. The molecule has 0 bridgehead atoms. The summed E-state index contributed by atoms with van der Waals surface area (Å²) >= 11 is 0. The first-order valence-corrected chi connectivity index (χ1v) is 9.98. The number of piperidine rings is 1. The Morgan fingerprint density at radius 3 is 2.35 bits per heavy atom. The lowest BCUT2D eigenvalue weighted by Gasteiger charge is -2.54. The minimum Gasteiger partial charge on any atom is -0.487 e. The molecule has 26 heavy (non-hydrogen) atoms. The quantitative estimate of drug-likeness (QED) is 0.877. The van der Waals surface area contributed by atoms with Crippen LogP contribution >= 0.6 is 0 Å². The second kappa shape index (κ2) is 8.30. The van der Waals surface area contributed by atoms with Crippen molar-refractivity contribution < 1.29 is 9.53 Å². The molecule has 2 fully saturated rings. The molecule has 0 aromatic heterocycles. The van der Waals surface area contributed by atoms with E-state index in [1.165, 1.54) is 0 Å². The average molecular weight is 360 g/mol. The summed E-state index contributed by atoms with van der Waals surface area (Å²) in [6, 6.07) is 11.4. The standard InChI is InChI=1S/C21H33N3O2/c1-15(2)22-21(25)23-12-10-17(11-13-23)20-19(14-24(20)16(3)4)26-18-8-6-5-7-9-18/h5-9,15-17,19-20H,10-14H2,1-4H3,(H,22,25)/t19-,20-/m0/s1. The van der Waals surface area contributed by atoms with Crippen molar-refractivity contribution >= 4 is 6.03 Å². The van der Waals surface area contributed by atoms with Crippen LogP contribution in [0.5, 0.6) is 5.75 Å². The molecule has 1 aromatic rings. The number of carbonyl (C=O) groups excluding carboxylic acids is 1. The molecule has 144 valence electrons. The Morgan fingerprint density at radius 2 is 1.77 bits per heavy atom. The zero-order chi connectivity index (χ0) is 18.7. The Labute approximate surface area is 157 Å². The van der Waals surface area contributed by atoms with Crippen LogP contribution in [0.25, 0.3) is 0 Å². The fourth-order valence-corrected chi connectivity index (χ4v) is 4.21. The van der Waals surface area contributed by atoms with Gasteiger partial charge in [0.25, 0.3) is 0 Å². The van der Waals surface area contributed by atoms with Crippen molar-refractivity contribution in [3.8, 4) is 5.75 Å². The molecule has 2 aliphatic rings. The zero-order valence-electron chi connectivity index (χ0n) is 16.5. The third-order valence-electron chi connectivity index (χ3n) is 5.57. The number of hydrogen-bond donors (Lipinski definition) is 1. The first-order valence-electron chi connectivity index (χ1n) is 9.98. The highest BCUT2D eigenvalue weighted by Crippen LogP contribution is 2.36. The summed E-state index contributed by atoms with van der Waals surface area (Å²) in [7, 11) is 0. The topological polar surface area (TPSA) is 44.8 Å². The number of hydrogen-bond acceptors (Lipinski definition) is 3. The van der Waals surface area contributed by atoms with E-state index in [1.54, 1.807) is 0 Å². The van der Waals surface area contributed by atoms with Crippen molar-refractivity contribution in [2.24, 2.45) is 5.92 Å². The molecule has 0 aliphatic carbocycles.